The molecule has 1 amide bonds. The van der Waals surface area contributed by atoms with Gasteiger partial charge in [-0.05, 0) is 31.2 Å². The Balaban J connectivity index is 1.56. The Bertz CT molecular complexity index is 887. The molecule has 0 fully saturated rings. The first-order chi connectivity index (χ1) is 12.2. The Morgan fingerprint density at radius 2 is 2.12 bits per heavy atom. The Hall–Kier alpha value is -2.80. The van der Waals surface area contributed by atoms with Gasteiger partial charge < -0.3 is 9.72 Å². The number of hydrogen-bond donors (Lipinski definition) is 2. The quantitative estimate of drug-likeness (QED) is 0.405. The minimum absolute atomic E-state index is 0.187. The number of aromatic amines is 1. The van der Waals surface area contributed by atoms with E-state index >= 15 is 0 Å². The van der Waals surface area contributed by atoms with E-state index in [2.05, 4.69) is 20.5 Å². The number of carbonyl (C=O) groups excluding carboxylic acids is 1. The topological polar surface area (TPSA) is 79.4 Å². The largest absolute Gasteiger partial charge is 0.497 e. The Labute approximate surface area is 149 Å². The second kappa shape index (κ2) is 7.85. The summed E-state index contributed by atoms with van der Waals surface area (Å²) in [5.41, 5.74) is 6.01. The molecule has 1 aromatic heterocycles. The number of nitrogens with one attached hydrogen (secondary N) is 2. The first-order valence-corrected chi connectivity index (χ1v) is 8.69. The van der Waals surface area contributed by atoms with Gasteiger partial charge in [0.1, 0.15) is 5.75 Å². The average Bonchev–Trinajstić information content (AvgIpc) is 3.07. The molecule has 0 aliphatic carbocycles. The van der Waals surface area contributed by atoms with E-state index in [-0.39, 0.29) is 11.7 Å². The lowest BCUT2D eigenvalue weighted by atomic mass is 10.1. The number of thioether (sulfide) groups is 1. The zero-order valence-electron chi connectivity index (χ0n) is 13.9. The summed E-state index contributed by atoms with van der Waals surface area (Å²) >= 11 is 1.34. The number of H-pyrrole nitrogens is 1. The number of ether oxygens (including phenoxy) is 1. The molecule has 0 aliphatic rings. The van der Waals surface area contributed by atoms with E-state index < -0.39 is 0 Å². The molecular weight excluding hydrogens is 336 g/mol. The molecular formula is C18H18N4O2S. The van der Waals surface area contributed by atoms with Gasteiger partial charge in [0.25, 0.3) is 5.91 Å². The molecule has 1 heterocycles. The first-order valence-electron chi connectivity index (χ1n) is 7.71. The molecule has 7 heteroatoms. The second-order valence-electron chi connectivity index (χ2n) is 5.31. The van der Waals surface area contributed by atoms with Crippen molar-refractivity contribution in [3.63, 3.8) is 0 Å². The van der Waals surface area contributed by atoms with E-state index in [0.29, 0.717) is 10.9 Å². The van der Waals surface area contributed by atoms with Crippen LogP contribution in [-0.4, -0.2) is 34.4 Å². The van der Waals surface area contributed by atoms with E-state index in [9.17, 15) is 4.79 Å². The Kier molecular flexibility index (Phi) is 5.35. The number of rotatable bonds is 6. The van der Waals surface area contributed by atoms with Gasteiger partial charge in [0.05, 0.1) is 29.6 Å². The third-order valence-electron chi connectivity index (χ3n) is 3.54. The lowest BCUT2D eigenvalue weighted by molar-refractivity contribution is -0.118. The molecule has 3 rings (SSSR count). The van der Waals surface area contributed by atoms with Gasteiger partial charge in [0.15, 0.2) is 5.16 Å². The van der Waals surface area contributed by atoms with Crippen molar-refractivity contribution >= 4 is 34.4 Å². The van der Waals surface area contributed by atoms with Crippen molar-refractivity contribution < 1.29 is 9.53 Å². The fourth-order valence-corrected chi connectivity index (χ4v) is 2.90. The third kappa shape index (κ3) is 4.39. The van der Waals surface area contributed by atoms with Crippen LogP contribution in [0, 0.1) is 0 Å². The van der Waals surface area contributed by atoms with Gasteiger partial charge in [0, 0.05) is 5.56 Å². The number of hydrazone groups is 1. The van der Waals surface area contributed by atoms with Crippen LogP contribution in [0.3, 0.4) is 0 Å². The Morgan fingerprint density at radius 3 is 2.92 bits per heavy atom. The summed E-state index contributed by atoms with van der Waals surface area (Å²) in [5, 5.41) is 4.86. The number of nitrogens with zero attached hydrogens (tertiary/aromatic N) is 2. The van der Waals surface area contributed by atoms with E-state index in [0.717, 1.165) is 22.3 Å². The van der Waals surface area contributed by atoms with Crippen LogP contribution in [0.1, 0.15) is 12.5 Å². The van der Waals surface area contributed by atoms with Crippen molar-refractivity contribution in [1.29, 1.82) is 0 Å². The SMILES string of the molecule is COc1cccc(/C(C)=N\NC(=O)CSc2nc3ccccc3[nH]2)c1. The molecule has 0 bridgehead atoms. The molecule has 0 radical (unpaired) electrons. The predicted molar refractivity (Wildman–Crippen MR) is 100 cm³/mol. The number of aromatic nitrogens is 2. The zero-order chi connectivity index (χ0) is 17.6. The lowest BCUT2D eigenvalue weighted by Gasteiger charge is -2.04. The number of benzene rings is 2. The molecule has 0 spiro atoms. The molecule has 2 aromatic carbocycles. The molecule has 2 N–H and O–H groups in total. The number of carbonyl (C=O) groups is 1. The van der Waals surface area contributed by atoms with Gasteiger partial charge in [-0.2, -0.15) is 5.10 Å². The zero-order valence-corrected chi connectivity index (χ0v) is 14.8. The van der Waals surface area contributed by atoms with E-state index in [1.807, 2.05) is 55.5 Å². The maximum Gasteiger partial charge on any atom is 0.250 e. The normalized spacial score (nSPS) is 11.5. The van der Waals surface area contributed by atoms with Crippen LogP contribution in [0.4, 0.5) is 0 Å². The van der Waals surface area contributed by atoms with Crippen LogP contribution in [-0.2, 0) is 4.79 Å². The van der Waals surface area contributed by atoms with Crippen molar-refractivity contribution in [3.8, 4) is 5.75 Å². The number of amides is 1. The highest BCUT2D eigenvalue weighted by Gasteiger charge is 2.07. The molecule has 3 aromatic rings. The summed E-state index contributed by atoms with van der Waals surface area (Å²) in [5.74, 6) is 0.792. The highest BCUT2D eigenvalue weighted by Crippen LogP contribution is 2.18. The van der Waals surface area contributed by atoms with Gasteiger partial charge in [-0.25, -0.2) is 10.4 Å². The van der Waals surface area contributed by atoms with Gasteiger partial charge in [0.2, 0.25) is 0 Å². The summed E-state index contributed by atoms with van der Waals surface area (Å²) in [7, 11) is 1.61. The van der Waals surface area contributed by atoms with Gasteiger partial charge in [-0.15, -0.1) is 0 Å². The minimum Gasteiger partial charge on any atom is -0.497 e. The molecule has 0 atom stereocenters. The summed E-state index contributed by atoms with van der Waals surface area (Å²) in [6.45, 7) is 1.83. The van der Waals surface area contributed by atoms with E-state index in [4.69, 9.17) is 4.74 Å². The molecule has 6 nitrogen and oxygen atoms in total. The molecule has 0 aliphatic heterocycles. The van der Waals surface area contributed by atoms with Crippen LogP contribution in [0.2, 0.25) is 0 Å². The molecule has 128 valence electrons. The lowest BCUT2D eigenvalue weighted by Crippen LogP contribution is -2.21. The van der Waals surface area contributed by atoms with Crippen molar-refractivity contribution in [1.82, 2.24) is 15.4 Å². The van der Waals surface area contributed by atoms with Crippen LogP contribution in [0.5, 0.6) is 5.75 Å². The number of para-hydroxylation sites is 2. The van der Waals surface area contributed by atoms with Gasteiger partial charge >= 0.3 is 0 Å². The molecule has 25 heavy (non-hydrogen) atoms. The summed E-state index contributed by atoms with van der Waals surface area (Å²) < 4.78 is 5.19. The van der Waals surface area contributed by atoms with Crippen LogP contribution in [0.25, 0.3) is 11.0 Å². The average molecular weight is 354 g/mol. The number of methoxy groups -OCH3 is 1. The molecule has 0 saturated heterocycles. The van der Waals surface area contributed by atoms with Crippen molar-refractivity contribution in [2.75, 3.05) is 12.9 Å². The Morgan fingerprint density at radius 1 is 1.28 bits per heavy atom. The van der Waals surface area contributed by atoms with Crippen LogP contribution >= 0.6 is 11.8 Å². The third-order valence-corrected chi connectivity index (χ3v) is 4.42. The fraction of sp³-hybridized carbons (Fsp3) is 0.167. The summed E-state index contributed by atoms with van der Waals surface area (Å²) in [6.07, 6.45) is 0. The standard InChI is InChI=1S/C18H18N4O2S/c1-12(13-6-5-7-14(10-13)24-2)21-22-17(23)11-25-18-19-15-8-3-4-9-16(15)20-18/h3-10H,11H2,1-2H3,(H,19,20)(H,22,23)/b21-12-. The highest BCUT2D eigenvalue weighted by atomic mass is 32.2. The summed E-state index contributed by atoms with van der Waals surface area (Å²) in [4.78, 5) is 19.6. The van der Waals surface area contributed by atoms with Crippen molar-refractivity contribution in [3.05, 3.63) is 54.1 Å². The monoisotopic (exact) mass is 354 g/mol. The number of imidazole rings is 1. The van der Waals surface area contributed by atoms with Gasteiger partial charge in [-0.1, -0.05) is 36.0 Å². The number of fused-ring (bicyclic) bond motifs is 1. The smallest absolute Gasteiger partial charge is 0.250 e. The van der Waals surface area contributed by atoms with Crippen LogP contribution in [0.15, 0.2) is 58.8 Å². The van der Waals surface area contributed by atoms with E-state index in [1.54, 1.807) is 7.11 Å². The molecule has 0 unspecified atom stereocenters. The maximum absolute atomic E-state index is 12.0. The minimum atomic E-state index is -0.187. The first kappa shape index (κ1) is 17.0. The van der Waals surface area contributed by atoms with Crippen molar-refractivity contribution in [2.24, 2.45) is 5.10 Å². The van der Waals surface area contributed by atoms with E-state index in [1.165, 1.54) is 11.8 Å². The predicted octanol–water partition coefficient (Wildman–Crippen LogP) is 3.20. The maximum atomic E-state index is 12.0. The fourth-order valence-electron chi connectivity index (χ4n) is 2.22. The highest BCUT2D eigenvalue weighted by molar-refractivity contribution is 7.99. The summed E-state index contributed by atoms with van der Waals surface area (Å²) in [6, 6.07) is 15.3. The molecule has 0 saturated carbocycles. The van der Waals surface area contributed by atoms with Gasteiger partial charge in [-0.3, -0.25) is 4.79 Å². The second-order valence-corrected chi connectivity index (χ2v) is 6.28. The van der Waals surface area contributed by atoms with Crippen LogP contribution < -0.4 is 10.2 Å². The van der Waals surface area contributed by atoms with Crippen molar-refractivity contribution in [2.45, 2.75) is 12.1 Å². The number of hydrogen-bond acceptors (Lipinski definition) is 5.